The maximum Gasteiger partial charge on any atom is 0.0658 e. The van der Waals surface area contributed by atoms with Gasteiger partial charge in [-0.2, -0.15) is 11.8 Å². The molecule has 1 aliphatic carbocycles. The fourth-order valence-electron chi connectivity index (χ4n) is 2.81. The van der Waals surface area contributed by atoms with Gasteiger partial charge >= 0.3 is 0 Å². The first-order chi connectivity index (χ1) is 6.79. The van der Waals surface area contributed by atoms with Crippen molar-refractivity contribution in [2.45, 2.75) is 68.6 Å². The molecule has 2 rings (SSSR count). The van der Waals surface area contributed by atoms with E-state index in [0.29, 0.717) is 0 Å². The lowest BCUT2D eigenvalue weighted by Gasteiger charge is -2.36. The lowest BCUT2D eigenvalue weighted by atomic mass is 9.81. The van der Waals surface area contributed by atoms with Gasteiger partial charge in [0.25, 0.3) is 0 Å². The molecule has 2 fully saturated rings. The van der Waals surface area contributed by atoms with Crippen LogP contribution in [0.2, 0.25) is 0 Å². The SMILES string of the molecule is OC1(CC2CCCCS2)CCCCC1. The molecule has 1 aliphatic heterocycles. The summed E-state index contributed by atoms with van der Waals surface area (Å²) in [6, 6.07) is 0. The molecule has 0 amide bonds. The lowest BCUT2D eigenvalue weighted by Crippen LogP contribution is -2.35. The van der Waals surface area contributed by atoms with Gasteiger partial charge in [0.2, 0.25) is 0 Å². The fourth-order valence-corrected chi connectivity index (χ4v) is 4.27. The first-order valence-corrected chi connectivity index (χ1v) is 7.17. The van der Waals surface area contributed by atoms with Gasteiger partial charge in [0.05, 0.1) is 5.60 Å². The Balaban J connectivity index is 1.81. The molecular formula is C12H22OS. The summed E-state index contributed by atoms with van der Waals surface area (Å²) in [5.41, 5.74) is -0.284. The van der Waals surface area contributed by atoms with E-state index in [2.05, 4.69) is 11.8 Å². The van der Waals surface area contributed by atoms with Crippen LogP contribution in [0, 0.1) is 0 Å². The Morgan fingerprint density at radius 1 is 1.07 bits per heavy atom. The van der Waals surface area contributed by atoms with E-state index in [0.717, 1.165) is 24.5 Å². The normalized spacial score (nSPS) is 32.8. The van der Waals surface area contributed by atoms with Crippen LogP contribution in [-0.4, -0.2) is 21.7 Å². The molecule has 0 spiro atoms. The van der Waals surface area contributed by atoms with E-state index >= 15 is 0 Å². The Morgan fingerprint density at radius 2 is 1.86 bits per heavy atom. The first-order valence-electron chi connectivity index (χ1n) is 6.13. The van der Waals surface area contributed by atoms with Crippen molar-refractivity contribution in [1.82, 2.24) is 0 Å². The molecule has 0 radical (unpaired) electrons. The number of hydrogen-bond donors (Lipinski definition) is 1. The van der Waals surface area contributed by atoms with Gasteiger partial charge in [-0.1, -0.05) is 25.7 Å². The predicted molar refractivity (Wildman–Crippen MR) is 62.7 cm³/mol. The summed E-state index contributed by atoms with van der Waals surface area (Å²) in [6.07, 6.45) is 11.1. The number of rotatable bonds is 2. The summed E-state index contributed by atoms with van der Waals surface area (Å²) in [4.78, 5) is 0. The maximum absolute atomic E-state index is 10.4. The fraction of sp³-hybridized carbons (Fsp3) is 1.00. The van der Waals surface area contributed by atoms with E-state index in [-0.39, 0.29) is 5.60 Å². The summed E-state index contributed by atoms with van der Waals surface area (Å²) >= 11 is 2.10. The van der Waals surface area contributed by atoms with Gasteiger partial charge in [0.15, 0.2) is 0 Å². The van der Waals surface area contributed by atoms with Crippen molar-refractivity contribution in [3.8, 4) is 0 Å². The zero-order valence-electron chi connectivity index (χ0n) is 9.00. The lowest BCUT2D eigenvalue weighted by molar-refractivity contribution is -0.00457. The third-order valence-corrected chi connectivity index (χ3v) is 5.06. The molecule has 1 nitrogen and oxygen atoms in total. The van der Waals surface area contributed by atoms with Crippen molar-refractivity contribution >= 4 is 11.8 Å². The van der Waals surface area contributed by atoms with E-state index < -0.39 is 0 Å². The van der Waals surface area contributed by atoms with Crippen LogP contribution in [0.25, 0.3) is 0 Å². The smallest absolute Gasteiger partial charge is 0.0658 e. The molecule has 1 atom stereocenters. The molecule has 0 aromatic rings. The first kappa shape index (κ1) is 10.8. The Labute approximate surface area is 91.7 Å². The van der Waals surface area contributed by atoms with Gasteiger partial charge in [-0.15, -0.1) is 0 Å². The van der Waals surface area contributed by atoms with E-state index in [1.165, 1.54) is 44.3 Å². The monoisotopic (exact) mass is 214 g/mol. The second-order valence-corrected chi connectivity index (χ2v) is 6.39. The van der Waals surface area contributed by atoms with Crippen LogP contribution in [0.15, 0.2) is 0 Å². The standard InChI is InChI=1S/C12H22OS/c13-12(7-3-1-4-8-12)10-11-6-2-5-9-14-11/h11,13H,1-10H2. The summed E-state index contributed by atoms with van der Waals surface area (Å²) < 4.78 is 0. The van der Waals surface area contributed by atoms with Crippen molar-refractivity contribution < 1.29 is 5.11 Å². The number of thioether (sulfide) groups is 1. The quantitative estimate of drug-likeness (QED) is 0.760. The summed E-state index contributed by atoms with van der Waals surface area (Å²) in [5, 5.41) is 11.2. The van der Waals surface area contributed by atoms with E-state index in [1.54, 1.807) is 0 Å². The second kappa shape index (κ2) is 4.89. The van der Waals surface area contributed by atoms with Gasteiger partial charge in [-0.3, -0.25) is 0 Å². The van der Waals surface area contributed by atoms with Crippen molar-refractivity contribution in [2.75, 3.05) is 5.75 Å². The Kier molecular flexibility index (Phi) is 3.78. The van der Waals surface area contributed by atoms with Crippen molar-refractivity contribution in [3.05, 3.63) is 0 Å². The minimum Gasteiger partial charge on any atom is -0.390 e. The minimum atomic E-state index is -0.284. The van der Waals surface area contributed by atoms with Crippen LogP contribution in [0.3, 0.4) is 0 Å². The van der Waals surface area contributed by atoms with Gasteiger partial charge in [-0.25, -0.2) is 0 Å². The summed E-state index contributed by atoms with van der Waals surface area (Å²) in [7, 11) is 0. The highest BCUT2D eigenvalue weighted by molar-refractivity contribution is 7.99. The third kappa shape index (κ3) is 2.90. The van der Waals surface area contributed by atoms with Crippen LogP contribution >= 0.6 is 11.8 Å². The van der Waals surface area contributed by atoms with Crippen molar-refractivity contribution in [1.29, 1.82) is 0 Å². The topological polar surface area (TPSA) is 20.2 Å². The zero-order chi connectivity index (χ0) is 9.86. The van der Waals surface area contributed by atoms with E-state index in [9.17, 15) is 5.11 Å². The molecule has 0 aromatic carbocycles. The average molecular weight is 214 g/mol. The second-order valence-electron chi connectivity index (χ2n) is 4.98. The highest BCUT2D eigenvalue weighted by Crippen LogP contribution is 2.37. The van der Waals surface area contributed by atoms with E-state index in [1.807, 2.05) is 0 Å². The Morgan fingerprint density at radius 3 is 2.50 bits per heavy atom. The van der Waals surface area contributed by atoms with Crippen LogP contribution in [-0.2, 0) is 0 Å². The maximum atomic E-state index is 10.4. The zero-order valence-corrected chi connectivity index (χ0v) is 9.82. The van der Waals surface area contributed by atoms with E-state index in [4.69, 9.17) is 0 Å². The molecule has 2 heteroatoms. The van der Waals surface area contributed by atoms with Crippen molar-refractivity contribution in [2.24, 2.45) is 0 Å². The minimum absolute atomic E-state index is 0.284. The number of aliphatic hydroxyl groups is 1. The average Bonchev–Trinajstić information content (AvgIpc) is 2.19. The highest BCUT2D eigenvalue weighted by atomic mass is 32.2. The van der Waals surface area contributed by atoms with Crippen LogP contribution in [0.4, 0.5) is 0 Å². The molecule has 0 bridgehead atoms. The molecule has 1 unspecified atom stereocenters. The molecule has 2 aliphatic rings. The van der Waals surface area contributed by atoms with Crippen LogP contribution in [0.1, 0.15) is 57.8 Å². The molecule has 0 aromatic heterocycles. The molecule has 1 N–H and O–H groups in total. The molecule has 1 saturated heterocycles. The largest absolute Gasteiger partial charge is 0.390 e. The predicted octanol–water partition coefficient (Wildman–Crippen LogP) is 3.36. The molecular weight excluding hydrogens is 192 g/mol. The Bertz CT molecular complexity index is 169. The molecule has 82 valence electrons. The van der Waals surface area contributed by atoms with Gasteiger partial charge < -0.3 is 5.11 Å². The molecule has 14 heavy (non-hydrogen) atoms. The van der Waals surface area contributed by atoms with Gasteiger partial charge in [-0.05, 0) is 37.9 Å². The Hall–Kier alpha value is 0.310. The van der Waals surface area contributed by atoms with Gasteiger partial charge in [0.1, 0.15) is 0 Å². The third-order valence-electron chi connectivity index (χ3n) is 3.67. The highest BCUT2D eigenvalue weighted by Gasteiger charge is 2.32. The van der Waals surface area contributed by atoms with Crippen LogP contribution in [0.5, 0.6) is 0 Å². The van der Waals surface area contributed by atoms with Crippen LogP contribution < -0.4 is 0 Å². The molecule has 1 heterocycles. The van der Waals surface area contributed by atoms with Crippen molar-refractivity contribution in [3.63, 3.8) is 0 Å². The number of hydrogen-bond acceptors (Lipinski definition) is 2. The van der Waals surface area contributed by atoms with Gasteiger partial charge in [0, 0.05) is 5.25 Å². The molecule has 1 saturated carbocycles. The summed E-state index contributed by atoms with van der Waals surface area (Å²) in [6.45, 7) is 0. The summed E-state index contributed by atoms with van der Waals surface area (Å²) in [5.74, 6) is 1.32.